The van der Waals surface area contributed by atoms with Crippen LogP contribution in [0.1, 0.15) is 124 Å². The van der Waals surface area contributed by atoms with Crippen LogP contribution >= 0.6 is 0 Å². The SMILES string of the molecule is CCCCCC(CC)OCCc1c(C(=O)O)ccc(C(=O)O)c1CCOC(CC)CCCCC. The first kappa shape index (κ1) is 30.1. The van der Waals surface area contributed by atoms with E-state index < -0.39 is 11.9 Å². The van der Waals surface area contributed by atoms with Gasteiger partial charge in [0.05, 0.1) is 36.5 Å². The molecule has 2 N–H and O–H groups in total. The van der Waals surface area contributed by atoms with E-state index in [0.717, 1.165) is 51.4 Å². The average Bonchev–Trinajstić information content (AvgIpc) is 2.82. The van der Waals surface area contributed by atoms with Gasteiger partial charge in [-0.3, -0.25) is 0 Å². The van der Waals surface area contributed by atoms with Gasteiger partial charge in [-0.25, -0.2) is 9.59 Å². The Hall–Kier alpha value is -1.92. The molecule has 0 aliphatic heterocycles. The first-order chi connectivity index (χ1) is 16.4. The minimum Gasteiger partial charge on any atom is -0.478 e. The van der Waals surface area contributed by atoms with Crippen molar-refractivity contribution in [2.24, 2.45) is 0 Å². The van der Waals surface area contributed by atoms with E-state index in [1.54, 1.807) is 0 Å². The molecule has 0 amide bonds. The van der Waals surface area contributed by atoms with Crippen LogP contribution in [-0.2, 0) is 22.3 Å². The monoisotopic (exact) mass is 478 g/mol. The molecule has 0 saturated heterocycles. The zero-order chi connectivity index (χ0) is 25.3. The van der Waals surface area contributed by atoms with Gasteiger partial charge in [-0.2, -0.15) is 0 Å². The molecule has 194 valence electrons. The molecule has 0 spiro atoms. The molecule has 0 aliphatic rings. The maximum Gasteiger partial charge on any atom is 0.335 e. The molecule has 1 aromatic carbocycles. The van der Waals surface area contributed by atoms with Gasteiger partial charge in [0.1, 0.15) is 0 Å². The fraction of sp³-hybridized carbons (Fsp3) is 0.714. The van der Waals surface area contributed by atoms with E-state index in [4.69, 9.17) is 9.47 Å². The number of carboxylic acids is 2. The van der Waals surface area contributed by atoms with Crippen molar-refractivity contribution in [1.82, 2.24) is 0 Å². The minimum atomic E-state index is -1.05. The van der Waals surface area contributed by atoms with Crippen molar-refractivity contribution in [2.75, 3.05) is 13.2 Å². The van der Waals surface area contributed by atoms with Gasteiger partial charge in [-0.15, -0.1) is 0 Å². The molecule has 6 heteroatoms. The highest BCUT2D eigenvalue weighted by Crippen LogP contribution is 2.23. The van der Waals surface area contributed by atoms with Crippen LogP contribution in [-0.4, -0.2) is 47.6 Å². The number of rotatable bonds is 20. The second-order valence-electron chi connectivity index (χ2n) is 9.02. The number of hydrogen-bond acceptors (Lipinski definition) is 4. The molecular weight excluding hydrogens is 432 g/mol. The predicted molar refractivity (Wildman–Crippen MR) is 136 cm³/mol. The lowest BCUT2D eigenvalue weighted by Crippen LogP contribution is -2.19. The van der Waals surface area contributed by atoms with Crippen LogP contribution in [0.4, 0.5) is 0 Å². The quantitative estimate of drug-likeness (QED) is 0.198. The van der Waals surface area contributed by atoms with E-state index in [1.165, 1.54) is 25.0 Å². The zero-order valence-corrected chi connectivity index (χ0v) is 21.7. The Morgan fingerprint density at radius 1 is 0.706 bits per heavy atom. The van der Waals surface area contributed by atoms with Gasteiger partial charge in [0.2, 0.25) is 0 Å². The first-order valence-electron chi connectivity index (χ1n) is 13.2. The number of benzene rings is 1. The van der Waals surface area contributed by atoms with Crippen molar-refractivity contribution in [3.05, 3.63) is 34.4 Å². The summed E-state index contributed by atoms with van der Waals surface area (Å²) in [6, 6.07) is 2.81. The molecular formula is C28H46O6. The highest BCUT2D eigenvalue weighted by molar-refractivity contribution is 5.95. The fourth-order valence-electron chi connectivity index (χ4n) is 4.37. The molecule has 2 unspecified atom stereocenters. The van der Waals surface area contributed by atoms with Crippen molar-refractivity contribution in [3.8, 4) is 0 Å². The summed E-state index contributed by atoms with van der Waals surface area (Å²) in [5.41, 5.74) is 1.41. The molecule has 34 heavy (non-hydrogen) atoms. The third-order valence-electron chi connectivity index (χ3n) is 6.47. The molecule has 0 fully saturated rings. The summed E-state index contributed by atoms with van der Waals surface area (Å²) < 4.78 is 12.2. The average molecular weight is 479 g/mol. The number of aromatic carboxylic acids is 2. The Morgan fingerprint density at radius 2 is 1.09 bits per heavy atom. The van der Waals surface area contributed by atoms with Crippen LogP contribution in [0.25, 0.3) is 0 Å². The van der Waals surface area contributed by atoms with Crippen molar-refractivity contribution < 1.29 is 29.3 Å². The van der Waals surface area contributed by atoms with E-state index in [-0.39, 0.29) is 23.3 Å². The van der Waals surface area contributed by atoms with Crippen LogP contribution in [0, 0.1) is 0 Å². The van der Waals surface area contributed by atoms with Gasteiger partial charge in [0.15, 0.2) is 0 Å². The maximum atomic E-state index is 11.9. The minimum absolute atomic E-state index is 0.141. The topological polar surface area (TPSA) is 93.1 Å². The Balaban J connectivity index is 2.98. The van der Waals surface area contributed by atoms with Crippen molar-refractivity contribution in [2.45, 2.75) is 117 Å². The van der Waals surface area contributed by atoms with Crippen molar-refractivity contribution >= 4 is 11.9 Å². The molecule has 0 heterocycles. The summed E-state index contributed by atoms with van der Waals surface area (Å²) in [7, 11) is 0. The normalized spacial score (nSPS) is 13.1. The van der Waals surface area contributed by atoms with Gasteiger partial charge in [0.25, 0.3) is 0 Å². The van der Waals surface area contributed by atoms with Gasteiger partial charge in [-0.05, 0) is 61.8 Å². The maximum absolute atomic E-state index is 11.9. The van der Waals surface area contributed by atoms with Crippen molar-refractivity contribution in [3.63, 3.8) is 0 Å². The molecule has 0 radical (unpaired) electrons. The molecule has 0 aliphatic carbocycles. The molecule has 1 rings (SSSR count). The second-order valence-corrected chi connectivity index (χ2v) is 9.02. The zero-order valence-electron chi connectivity index (χ0n) is 21.7. The van der Waals surface area contributed by atoms with Gasteiger partial charge >= 0.3 is 11.9 Å². The van der Waals surface area contributed by atoms with Crippen LogP contribution in [0.15, 0.2) is 12.1 Å². The van der Waals surface area contributed by atoms with Crippen LogP contribution in [0.5, 0.6) is 0 Å². The van der Waals surface area contributed by atoms with Crippen LogP contribution < -0.4 is 0 Å². The number of carbonyl (C=O) groups is 2. The fourth-order valence-corrected chi connectivity index (χ4v) is 4.37. The second kappa shape index (κ2) is 17.5. The number of ether oxygens (including phenoxy) is 2. The van der Waals surface area contributed by atoms with E-state index in [1.807, 2.05) is 0 Å². The molecule has 1 aromatic rings. The van der Waals surface area contributed by atoms with Gasteiger partial charge < -0.3 is 19.7 Å². The summed E-state index contributed by atoms with van der Waals surface area (Å²) in [6.07, 6.45) is 11.7. The Kier molecular flexibility index (Phi) is 15.5. The third-order valence-corrected chi connectivity index (χ3v) is 6.47. The number of carboxylic acid groups (broad SMARTS) is 2. The van der Waals surface area contributed by atoms with Crippen LogP contribution in [0.2, 0.25) is 0 Å². The van der Waals surface area contributed by atoms with Crippen molar-refractivity contribution in [1.29, 1.82) is 0 Å². The highest BCUT2D eigenvalue weighted by atomic mass is 16.5. The van der Waals surface area contributed by atoms with E-state index in [9.17, 15) is 19.8 Å². The predicted octanol–water partition coefficient (Wildman–Crippen LogP) is 6.92. The smallest absolute Gasteiger partial charge is 0.335 e. The van der Waals surface area contributed by atoms with E-state index in [2.05, 4.69) is 27.7 Å². The molecule has 0 saturated carbocycles. The summed E-state index contributed by atoms with van der Waals surface area (Å²) >= 11 is 0. The summed E-state index contributed by atoms with van der Waals surface area (Å²) in [4.78, 5) is 23.9. The van der Waals surface area contributed by atoms with Gasteiger partial charge in [0, 0.05) is 0 Å². The largest absolute Gasteiger partial charge is 0.478 e. The summed E-state index contributed by atoms with van der Waals surface area (Å²) in [6.45, 7) is 9.27. The van der Waals surface area contributed by atoms with E-state index in [0.29, 0.717) is 37.2 Å². The molecule has 2 atom stereocenters. The number of hydrogen-bond donors (Lipinski definition) is 2. The lowest BCUT2D eigenvalue weighted by Gasteiger charge is -2.20. The Morgan fingerprint density at radius 3 is 1.38 bits per heavy atom. The molecule has 0 bridgehead atoms. The first-order valence-corrected chi connectivity index (χ1v) is 13.2. The van der Waals surface area contributed by atoms with E-state index >= 15 is 0 Å². The van der Waals surface area contributed by atoms with Crippen LogP contribution in [0.3, 0.4) is 0 Å². The van der Waals surface area contributed by atoms with Gasteiger partial charge in [-0.1, -0.05) is 66.2 Å². The summed E-state index contributed by atoms with van der Waals surface area (Å²) in [5.74, 6) is -2.09. The molecule has 6 nitrogen and oxygen atoms in total. The standard InChI is InChI=1S/C28H46O6/c1-5-9-11-13-21(7-3)33-19-17-23-24(18-20-34-22(8-4)14-12-10-6-2)26(28(31)32)16-15-25(23)27(29)30/h15-16,21-22H,5-14,17-20H2,1-4H3,(H,29,30)(H,31,32). The summed E-state index contributed by atoms with van der Waals surface area (Å²) in [5, 5.41) is 19.5. The Bertz CT molecular complexity index is 669. The number of unbranched alkanes of at least 4 members (excludes halogenated alkanes) is 4. The lowest BCUT2D eigenvalue weighted by atomic mass is 9.91. The molecule has 0 aromatic heterocycles. The highest BCUT2D eigenvalue weighted by Gasteiger charge is 2.21. The Labute approximate surface area is 206 Å². The lowest BCUT2D eigenvalue weighted by molar-refractivity contribution is 0.0425. The third kappa shape index (κ3) is 10.6.